The highest BCUT2D eigenvalue weighted by molar-refractivity contribution is 4.83. The van der Waals surface area contributed by atoms with Crippen molar-refractivity contribution in [3.63, 3.8) is 0 Å². The molecule has 0 aromatic carbocycles. The number of likely N-dealkylation sites (tertiary alicyclic amines) is 1. The Labute approximate surface area is 74.3 Å². The fourth-order valence-electron chi connectivity index (χ4n) is 1.73. The molecule has 0 saturated carbocycles. The normalized spacial score (nSPS) is 32.2. The smallest absolute Gasteiger partial charge is 0.0183 e. The maximum atomic E-state index is 5.85. The summed E-state index contributed by atoms with van der Waals surface area (Å²) in [4.78, 5) is 2.33. The number of nitrogens with zero attached hydrogens (tertiary/aromatic N) is 1. The fraction of sp³-hybridized carbons (Fsp3) is 1.00. The lowest BCUT2D eigenvalue weighted by atomic mass is 10.0. The van der Waals surface area contributed by atoms with Crippen LogP contribution in [0.3, 0.4) is 0 Å². The number of likely N-dealkylation sites (N-methyl/N-ethyl adjacent to an activating group) is 1. The predicted molar refractivity (Wildman–Crippen MR) is 50.9 cm³/mol. The Morgan fingerprint density at radius 2 is 1.92 bits per heavy atom. The molecule has 0 aromatic heterocycles. The molecule has 1 saturated heterocycles. The van der Waals surface area contributed by atoms with Crippen LogP contribution < -0.4 is 16.8 Å². The zero-order chi connectivity index (χ0) is 8.97. The molecule has 1 heterocycles. The zero-order valence-electron chi connectivity index (χ0n) is 7.79. The first kappa shape index (κ1) is 9.92. The number of nitrogens with one attached hydrogen (secondary N) is 1. The Bertz CT molecular complexity index is 118. The lowest BCUT2D eigenvalue weighted by molar-refractivity contribution is 0.192. The fourth-order valence-corrected chi connectivity index (χ4v) is 1.73. The molecule has 2 atom stereocenters. The van der Waals surface area contributed by atoms with E-state index in [2.05, 4.69) is 10.2 Å². The summed E-state index contributed by atoms with van der Waals surface area (Å²) in [5, 5.41) is 3.12. The number of nitrogens with two attached hydrogens (primary N) is 2. The van der Waals surface area contributed by atoms with Gasteiger partial charge in [0.25, 0.3) is 0 Å². The van der Waals surface area contributed by atoms with Gasteiger partial charge in [0, 0.05) is 38.3 Å². The summed E-state index contributed by atoms with van der Waals surface area (Å²) >= 11 is 0. The van der Waals surface area contributed by atoms with Crippen molar-refractivity contribution in [1.29, 1.82) is 0 Å². The predicted octanol–water partition coefficient (Wildman–Crippen LogP) is -1.43. The van der Waals surface area contributed by atoms with Crippen molar-refractivity contribution in [3.05, 3.63) is 0 Å². The number of piperidine rings is 1. The van der Waals surface area contributed by atoms with Crippen molar-refractivity contribution in [2.24, 2.45) is 11.5 Å². The second kappa shape index (κ2) is 4.77. The topological polar surface area (TPSA) is 67.3 Å². The van der Waals surface area contributed by atoms with Crippen LogP contribution in [0.5, 0.6) is 0 Å². The highest BCUT2D eigenvalue weighted by Gasteiger charge is 2.21. The maximum Gasteiger partial charge on any atom is 0.0183 e. The van der Waals surface area contributed by atoms with Gasteiger partial charge < -0.3 is 16.8 Å². The maximum absolute atomic E-state index is 5.85. The summed E-state index contributed by atoms with van der Waals surface area (Å²) < 4.78 is 0. The van der Waals surface area contributed by atoms with Crippen LogP contribution in [0, 0.1) is 0 Å². The third-order valence-corrected chi connectivity index (χ3v) is 2.27. The Hall–Kier alpha value is -0.160. The molecular weight excluding hydrogens is 152 g/mol. The standard InChI is InChI=1S/C8H20N4/c1-11-2-3-12-5-7(9)4-8(10)6-12/h7-8,11H,2-6,9-10H2,1H3/t7-,8+. The van der Waals surface area contributed by atoms with Crippen LogP contribution in [0.1, 0.15) is 6.42 Å². The van der Waals surface area contributed by atoms with Crippen molar-refractivity contribution in [1.82, 2.24) is 10.2 Å². The highest BCUT2D eigenvalue weighted by Crippen LogP contribution is 2.06. The van der Waals surface area contributed by atoms with E-state index in [4.69, 9.17) is 11.5 Å². The average molecular weight is 172 g/mol. The quantitative estimate of drug-likeness (QED) is 0.488. The van der Waals surface area contributed by atoms with Gasteiger partial charge in [-0.1, -0.05) is 0 Å². The van der Waals surface area contributed by atoms with Crippen molar-refractivity contribution in [2.75, 3.05) is 33.2 Å². The summed E-state index contributed by atoms with van der Waals surface area (Å²) in [6, 6.07) is 0.538. The summed E-state index contributed by atoms with van der Waals surface area (Å²) in [5.41, 5.74) is 11.7. The molecule has 0 amide bonds. The Morgan fingerprint density at radius 3 is 2.42 bits per heavy atom. The molecule has 4 heteroatoms. The van der Waals surface area contributed by atoms with Crippen molar-refractivity contribution >= 4 is 0 Å². The summed E-state index contributed by atoms with van der Waals surface area (Å²) in [7, 11) is 1.96. The molecule has 72 valence electrons. The molecule has 12 heavy (non-hydrogen) atoms. The van der Waals surface area contributed by atoms with Gasteiger partial charge in [-0.05, 0) is 13.5 Å². The number of hydrogen-bond donors (Lipinski definition) is 3. The van der Waals surface area contributed by atoms with Gasteiger partial charge in [-0.2, -0.15) is 0 Å². The van der Waals surface area contributed by atoms with E-state index >= 15 is 0 Å². The van der Waals surface area contributed by atoms with Crippen LogP contribution in [0.15, 0.2) is 0 Å². The minimum Gasteiger partial charge on any atom is -0.326 e. The molecule has 5 N–H and O–H groups in total. The van der Waals surface area contributed by atoms with Crippen LogP contribution in [-0.4, -0.2) is 50.2 Å². The first-order valence-corrected chi connectivity index (χ1v) is 4.60. The van der Waals surface area contributed by atoms with E-state index in [9.17, 15) is 0 Å². The molecule has 0 bridgehead atoms. The highest BCUT2D eigenvalue weighted by atomic mass is 15.2. The van der Waals surface area contributed by atoms with Crippen LogP contribution in [0.4, 0.5) is 0 Å². The molecule has 1 aliphatic rings. The number of rotatable bonds is 3. The first-order chi connectivity index (χ1) is 5.72. The second-order valence-corrected chi connectivity index (χ2v) is 3.62. The third kappa shape index (κ3) is 3.06. The minimum absolute atomic E-state index is 0.269. The van der Waals surface area contributed by atoms with Crippen LogP contribution in [0.25, 0.3) is 0 Å². The summed E-state index contributed by atoms with van der Waals surface area (Å²) in [6.45, 7) is 4.06. The molecule has 0 aromatic rings. The van der Waals surface area contributed by atoms with Gasteiger partial charge in [0.05, 0.1) is 0 Å². The molecule has 0 radical (unpaired) electrons. The van der Waals surface area contributed by atoms with E-state index in [0.29, 0.717) is 0 Å². The minimum atomic E-state index is 0.269. The number of hydrogen-bond acceptors (Lipinski definition) is 4. The largest absolute Gasteiger partial charge is 0.326 e. The molecule has 1 fully saturated rings. The van der Waals surface area contributed by atoms with Gasteiger partial charge in [-0.15, -0.1) is 0 Å². The summed E-state index contributed by atoms with van der Waals surface area (Å²) in [5.74, 6) is 0. The van der Waals surface area contributed by atoms with E-state index < -0.39 is 0 Å². The Balaban J connectivity index is 2.24. The van der Waals surface area contributed by atoms with E-state index in [0.717, 1.165) is 32.6 Å². The third-order valence-electron chi connectivity index (χ3n) is 2.27. The molecule has 0 unspecified atom stereocenters. The van der Waals surface area contributed by atoms with E-state index in [1.807, 2.05) is 7.05 Å². The van der Waals surface area contributed by atoms with E-state index in [-0.39, 0.29) is 12.1 Å². The van der Waals surface area contributed by atoms with E-state index in [1.165, 1.54) is 0 Å². The van der Waals surface area contributed by atoms with Crippen LogP contribution in [0.2, 0.25) is 0 Å². The molecule has 4 nitrogen and oxygen atoms in total. The molecule has 0 spiro atoms. The van der Waals surface area contributed by atoms with E-state index in [1.54, 1.807) is 0 Å². The molecule has 1 rings (SSSR count). The van der Waals surface area contributed by atoms with Gasteiger partial charge in [-0.3, -0.25) is 4.90 Å². The molecule has 1 aliphatic heterocycles. The Kier molecular flexibility index (Phi) is 3.94. The first-order valence-electron chi connectivity index (χ1n) is 4.60. The van der Waals surface area contributed by atoms with Gasteiger partial charge in [-0.25, -0.2) is 0 Å². The lowest BCUT2D eigenvalue weighted by Gasteiger charge is -2.34. The van der Waals surface area contributed by atoms with Crippen molar-refractivity contribution < 1.29 is 0 Å². The second-order valence-electron chi connectivity index (χ2n) is 3.62. The zero-order valence-corrected chi connectivity index (χ0v) is 7.79. The van der Waals surface area contributed by atoms with Gasteiger partial charge >= 0.3 is 0 Å². The summed E-state index contributed by atoms with van der Waals surface area (Å²) in [6.07, 6.45) is 0.968. The van der Waals surface area contributed by atoms with Crippen molar-refractivity contribution in [3.8, 4) is 0 Å². The van der Waals surface area contributed by atoms with Crippen LogP contribution >= 0.6 is 0 Å². The molecular formula is C8H20N4. The van der Waals surface area contributed by atoms with Gasteiger partial charge in [0.1, 0.15) is 0 Å². The Morgan fingerprint density at radius 1 is 1.33 bits per heavy atom. The lowest BCUT2D eigenvalue weighted by Crippen LogP contribution is -2.53. The average Bonchev–Trinajstić information content (AvgIpc) is 1.99. The molecule has 0 aliphatic carbocycles. The van der Waals surface area contributed by atoms with Crippen molar-refractivity contribution in [2.45, 2.75) is 18.5 Å². The monoisotopic (exact) mass is 172 g/mol. The van der Waals surface area contributed by atoms with Crippen LogP contribution in [-0.2, 0) is 0 Å². The van der Waals surface area contributed by atoms with Gasteiger partial charge in [0.15, 0.2) is 0 Å². The van der Waals surface area contributed by atoms with Gasteiger partial charge in [0.2, 0.25) is 0 Å². The SMILES string of the molecule is CNCCN1C[C@H](N)C[C@H](N)C1.